The molecule has 0 unspecified atom stereocenters. The van der Waals surface area contributed by atoms with Crippen molar-refractivity contribution in [2.45, 2.75) is 291 Å². The lowest BCUT2D eigenvalue weighted by atomic mass is 10.1. The number of unbranched alkanes of at least 4 members (excludes halogenated alkanes) is 9. The molecule has 0 saturated heterocycles. The van der Waals surface area contributed by atoms with Gasteiger partial charge in [0.1, 0.15) is 6.61 Å². The Morgan fingerprint density at radius 1 is 0.384 bits per heavy atom. The second kappa shape index (κ2) is 39.8. The van der Waals surface area contributed by atoms with Gasteiger partial charge >= 0.3 is 0 Å². The average Bonchev–Trinajstić information content (AvgIpc) is 3.20. The molecule has 0 bridgehead atoms. The molecule has 0 rings (SSSR count). The van der Waals surface area contributed by atoms with E-state index in [1.165, 1.54) is 106 Å². The van der Waals surface area contributed by atoms with E-state index in [1.807, 2.05) is 7.11 Å². The molecular formula is C52H133NO9Si11. The van der Waals surface area contributed by atoms with Crippen LogP contribution in [0, 0.1) is 0 Å². The number of ether oxygens (including phenoxy) is 2. The monoisotopic (exact) mass is 1220 g/mol. The fraction of sp³-hybridized carbons (Fsp3) is 0.981. The number of rotatable bonds is 43. The summed E-state index contributed by atoms with van der Waals surface area (Å²) in [5, 5.41) is 3.00. The Morgan fingerprint density at radius 2 is 0.685 bits per heavy atom. The first-order valence-electron chi connectivity index (χ1n) is 28.7. The average molecular weight is 1230 g/mol. The zero-order valence-corrected chi connectivity index (χ0v) is 63.3. The molecule has 10 nitrogen and oxygen atoms in total. The van der Waals surface area contributed by atoms with Gasteiger partial charge in [0.05, 0.1) is 13.2 Å². The Balaban J connectivity index is -0.000000646. The van der Waals surface area contributed by atoms with Gasteiger partial charge < -0.3 is 39.8 Å². The van der Waals surface area contributed by atoms with Crippen LogP contribution < -0.4 is 5.32 Å². The molecule has 73 heavy (non-hydrogen) atoms. The van der Waals surface area contributed by atoms with Crippen molar-refractivity contribution in [2.75, 3.05) is 40.1 Å². The maximum atomic E-state index is 12.1. The van der Waals surface area contributed by atoms with Gasteiger partial charge in [0.2, 0.25) is 5.91 Å². The summed E-state index contributed by atoms with van der Waals surface area (Å²) in [5.41, 5.74) is 0. The fourth-order valence-electron chi connectivity index (χ4n) is 9.32. The van der Waals surface area contributed by atoms with E-state index >= 15 is 0 Å². The molecule has 21 heteroatoms. The van der Waals surface area contributed by atoms with Crippen molar-refractivity contribution in [3.63, 3.8) is 0 Å². The zero-order chi connectivity index (χ0) is 55.3. The lowest BCUT2D eigenvalue weighted by molar-refractivity contribution is -0.126. The molecule has 0 aromatic carbocycles. The second-order valence-electron chi connectivity index (χ2n) is 27.0. The van der Waals surface area contributed by atoms with Crippen molar-refractivity contribution in [3.05, 3.63) is 0 Å². The molecule has 1 N–H and O–H groups in total. The van der Waals surface area contributed by atoms with Crippen LogP contribution in [0.25, 0.3) is 0 Å². The minimum atomic E-state index is -1.76. The topological polar surface area (TPSA) is 103 Å². The van der Waals surface area contributed by atoms with Crippen molar-refractivity contribution in [3.8, 4) is 0 Å². The van der Waals surface area contributed by atoms with E-state index in [1.54, 1.807) is 0 Å². The van der Waals surface area contributed by atoms with Crippen LogP contribution in [0.5, 0.6) is 0 Å². The van der Waals surface area contributed by atoms with Crippen molar-refractivity contribution < 1.29 is 39.3 Å². The molecular weight excluding hydrogens is 1090 g/mol. The maximum absolute atomic E-state index is 12.1. The van der Waals surface area contributed by atoms with Crippen LogP contribution in [-0.4, -0.2) is 139 Å². The number of hydrogen-bond acceptors (Lipinski definition) is 9. The molecule has 0 atom stereocenters. The quantitative estimate of drug-likeness (QED) is 0.0472. The molecule has 0 aliphatic rings. The highest BCUT2D eigenvalue weighted by atomic mass is 28.4. The Hall–Kier alpha value is 1.54. The summed E-state index contributed by atoms with van der Waals surface area (Å²) in [7, 11) is -14.9. The first-order chi connectivity index (χ1) is 32.3. The van der Waals surface area contributed by atoms with Gasteiger partial charge in [-0.25, -0.2) is 0 Å². The number of hydrogen-bond donors (Lipinski definition) is 1. The van der Waals surface area contributed by atoms with Crippen LogP contribution in [-0.2, 0) is 39.3 Å². The summed E-state index contributed by atoms with van der Waals surface area (Å²) in [6, 6.07) is 10.8. The Labute approximate surface area is 471 Å². The van der Waals surface area contributed by atoms with Crippen LogP contribution in [0.4, 0.5) is 0 Å². The normalized spacial score (nSPS) is 13.5. The van der Waals surface area contributed by atoms with Gasteiger partial charge in [0.15, 0.2) is 92.9 Å². The van der Waals surface area contributed by atoms with Crippen molar-refractivity contribution in [2.24, 2.45) is 0 Å². The lowest BCUT2D eigenvalue weighted by Crippen LogP contribution is -2.49. The summed E-state index contributed by atoms with van der Waals surface area (Å²) in [5.74, 6) is -0.0410. The molecule has 0 aliphatic carbocycles. The van der Waals surface area contributed by atoms with Crippen LogP contribution in [0.3, 0.4) is 0 Å². The first-order valence-corrected chi connectivity index (χ1v) is 62.3. The Bertz CT molecular complexity index is 1370. The van der Waals surface area contributed by atoms with E-state index in [0.29, 0.717) is 19.8 Å². The van der Waals surface area contributed by atoms with Crippen LogP contribution in [0.15, 0.2) is 0 Å². The van der Waals surface area contributed by atoms with Gasteiger partial charge in [-0.05, 0) is 211 Å². The van der Waals surface area contributed by atoms with Crippen LogP contribution in [0.2, 0.25) is 198 Å². The minimum Gasteiger partial charge on any atom is -0.458 e. The maximum Gasteiger partial charge on any atom is 0.245 e. The second-order valence-corrected chi connectivity index (χ2v) is 72.1. The summed E-state index contributed by atoms with van der Waals surface area (Å²) < 4.78 is 50.4. The standard InChI is InChI=1S/C29H67NO5Si4.C21H58O4Si7.2CH4/c1-10-11-12-13-14-15-16-17-18-19-22-32-23-24-33-28-29(31)30-21-20-25-38(6,7)35-39(8,9)27-26-37(4,5)34-36(2)3;1-22-27(4,5)16-18-29(8,9)24-31(12,13)20-21-32(14,15)25-30(10,11)19-17-28(6,7)23-26(2)3;;/h36H,10-28H2,1-9H3,(H,30,31);26H,16-21H2,1-15H3;2*1H4. The Kier molecular flexibility index (Phi) is 44.2. The molecule has 0 heterocycles. The smallest absolute Gasteiger partial charge is 0.245 e. The molecule has 0 aliphatic heterocycles. The number of carbonyl (C=O) groups excluding carboxylic acids is 1. The van der Waals surface area contributed by atoms with E-state index < -0.39 is 92.9 Å². The minimum absolute atomic E-state index is 0. The molecule has 0 radical (unpaired) electrons. The van der Waals surface area contributed by atoms with E-state index in [4.69, 9.17) is 34.5 Å². The van der Waals surface area contributed by atoms with Crippen molar-refractivity contribution >= 4 is 98.8 Å². The van der Waals surface area contributed by atoms with Crippen LogP contribution in [0.1, 0.15) is 92.4 Å². The summed E-state index contributed by atoms with van der Waals surface area (Å²) in [4.78, 5) is 12.1. The number of nitrogens with one attached hydrogen (secondary N) is 1. The summed E-state index contributed by atoms with van der Waals surface area (Å²) in [6.45, 7) is 56.9. The number of carbonyl (C=O) groups is 1. The van der Waals surface area contributed by atoms with Gasteiger partial charge in [-0.15, -0.1) is 0 Å². The highest BCUT2D eigenvalue weighted by Gasteiger charge is 2.40. The predicted molar refractivity (Wildman–Crippen MR) is 355 cm³/mol. The molecule has 0 spiro atoms. The molecule has 0 fully saturated rings. The van der Waals surface area contributed by atoms with Crippen molar-refractivity contribution in [1.29, 1.82) is 0 Å². The van der Waals surface area contributed by atoms with E-state index in [9.17, 15) is 4.79 Å². The molecule has 0 aromatic heterocycles. The van der Waals surface area contributed by atoms with Gasteiger partial charge in [-0.1, -0.05) is 79.6 Å². The van der Waals surface area contributed by atoms with Gasteiger partial charge in [0.25, 0.3) is 0 Å². The largest absolute Gasteiger partial charge is 0.458 e. The third-order valence-electron chi connectivity index (χ3n) is 13.2. The number of amides is 1. The SMILES string of the molecule is C.C.CCCCCCCCCCCCOCCOCC(=O)NCCC[Si](C)(C)O[Si](C)(C)CC[Si](C)(C)O[SiH](C)C.CO[Si](C)(C)CC[Si](C)(C)O[Si](C)(C)CC[Si](C)(C)O[Si](C)(C)CC[Si](C)(C)O[SiH](C)C. The van der Waals surface area contributed by atoms with Crippen LogP contribution >= 0.6 is 0 Å². The van der Waals surface area contributed by atoms with Gasteiger partial charge in [-0.3, -0.25) is 4.79 Å². The fourth-order valence-corrected chi connectivity index (χ4v) is 61.4. The molecule has 0 saturated carbocycles. The highest BCUT2D eigenvalue weighted by molar-refractivity contribution is 6.89. The Morgan fingerprint density at radius 3 is 1.03 bits per heavy atom. The van der Waals surface area contributed by atoms with E-state index in [2.05, 4.69) is 156 Å². The third kappa shape index (κ3) is 51.4. The van der Waals surface area contributed by atoms with Gasteiger partial charge in [-0.2, -0.15) is 0 Å². The van der Waals surface area contributed by atoms with Crippen molar-refractivity contribution in [1.82, 2.24) is 5.32 Å². The first kappa shape index (κ1) is 81.0. The highest BCUT2D eigenvalue weighted by Crippen LogP contribution is 2.32. The molecule has 1 amide bonds. The van der Waals surface area contributed by atoms with E-state index in [-0.39, 0.29) is 27.4 Å². The zero-order valence-electron chi connectivity index (χ0n) is 52.0. The summed E-state index contributed by atoms with van der Waals surface area (Å²) in [6.07, 6.45) is 14.3. The van der Waals surface area contributed by atoms with Gasteiger partial charge in [0, 0.05) is 20.3 Å². The molecule has 444 valence electrons. The summed E-state index contributed by atoms with van der Waals surface area (Å²) >= 11 is 0. The van der Waals surface area contributed by atoms with E-state index in [0.717, 1.165) is 25.5 Å². The third-order valence-corrected chi connectivity index (χ3v) is 51.6. The molecule has 0 aromatic rings. The predicted octanol–water partition coefficient (Wildman–Crippen LogP) is 17.2. The lowest BCUT2D eigenvalue weighted by Gasteiger charge is -2.39.